The van der Waals surface area contributed by atoms with Crippen LogP contribution in [0, 0.1) is 6.92 Å². The van der Waals surface area contributed by atoms with Crippen LogP contribution < -0.4 is 5.32 Å². The van der Waals surface area contributed by atoms with Gasteiger partial charge in [0.15, 0.2) is 0 Å². The number of ether oxygens (including phenoxy) is 1. The third-order valence-corrected chi connectivity index (χ3v) is 8.06. The number of carbonyl (C=O) groups is 1. The van der Waals surface area contributed by atoms with Crippen molar-refractivity contribution in [2.75, 3.05) is 6.61 Å². The summed E-state index contributed by atoms with van der Waals surface area (Å²) in [6.45, 7) is 2.50. The minimum atomic E-state index is -0.471. The van der Waals surface area contributed by atoms with Crippen LogP contribution in [0.15, 0.2) is 94.7 Å². The number of amides is 1. The molecule has 1 amide bonds. The van der Waals surface area contributed by atoms with Crippen molar-refractivity contribution in [3.05, 3.63) is 118 Å². The molecule has 0 spiro atoms. The lowest BCUT2D eigenvalue weighted by Gasteiger charge is -2.17. The summed E-state index contributed by atoms with van der Waals surface area (Å²) in [5.41, 5.74) is 7.50. The van der Waals surface area contributed by atoms with Gasteiger partial charge in [-0.3, -0.25) is 0 Å². The summed E-state index contributed by atoms with van der Waals surface area (Å²) in [5.74, 6) is 0.0117. The molecule has 36 heavy (non-hydrogen) atoms. The average Bonchev–Trinajstić information content (AvgIpc) is 3.22. The Morgan fingerprint density at radius 2 is 1.58 bits per heavy atom. The molecular formula is C30H26ClNO3S. The van der Waals surface area contributed by atoms with Gasteiger partial charge < -0.3 is 15.2 Å². The molecule has 0 radical (unpaired) electrons. The van der Waals surface area contributed by atoms with E-state index in [1.54, 1.807) is 11.8 Å². The van der Waals surface area contributed by atoms with Crippen molar-refractivity contribution in [1.29, 1.82) is 0 Å². The topological polar surface area (TPSA) is 58.6 Å². The van der Waals surface area contributed by atoms with Gasteiger partial charge in [-0.2, -0.15) is 0 Å². The number of halogens is 1. The number of nitrogens with one attached hydrogen (secondary N) is 1. The molecule has 0 fully saturated rings. The molecule has 0 unspecified atom stereocenters. The van der Waals surface area contributed by atoms with E-state index in [1.165, 1.54) is 22.3 Å². The standard InChI is InChI=1S/C30H26ClNO3S/c1-19-14-22(31)15-21(29(19)36-28-13-7-2-8-20(28)17-33)16-32-30(34)35-18-27-25-11-5-3-9-23(25)24-10-4-6-12-26(24)27/h2-15,27,33H,16-18H2,1H3,(H,32,34). The fourth-order valence-electron chi connectivity index (χ4n) is 4.74. The highest BCUT2D eigenvalue weighted by Gasteiger charge is 2.29. The zero-order valence-electron chi connectivity index (χ0n) is 19.8. The van der Waals surface area contributed by atoms with E-state index in [0.29, 0.717) is 5.02 Å². The average molecular weight is 516 g/mol. The largest absolute Gasteiger partial charge is 0.449 e. The second kappa shape index (κ2) is 10.8. The maximum atomic E-state index is 12.7. The van der Waals surface area contributed by atoms with Crippen molar-refractivity contribution >= 4 is 29.5 Å². The van der Waals surface area contributed by atoms with Crippen LogP contribution in [0.5, 0.6) is 0 Å². The van der Waals surface area contributed by atoms with Crippen LogP contribution in [0.25, 0.3) is 11.1 Å². The molecule has 6 heteroatoms. The number of alkyl carbamates (subject to hydrolysis) is 1. The summed E-state index contributed by atoms with van der Waals surface area (Å²) in [4.78, 5) is 14.7. The normalized spacial score (nSPS) is 12.2. The first kappa shape index (κ1) is 24.4. The Bertz CT molecular complexity index is 1380. The third kappa shape index (κ3) is 5.00. The molecule has 0 heterocycles. The van der Waals surface area contributed by atoms with Gasteiger partial charge in [0, 0.05) is 27.3 Å². The van der Waals surface area contributed by atoms with Crippen LogP contribution in [-0.2, 0) is 17.9 Å². The number of benzene rings is 4. The predicted molar refractivity (Wildman–Crippen MR) is 145 cm³/mol. The lowest BCUT2D eigenvalue weighted by molar-refractivity contribution is 0.142. The smallest absolute Gasteiger partial charge is 0.407 e. The zero-order chi connectivity index (χ0) is 25.1. The molecule has 4 nitrogen and oxygen atoms in total. The molecular weight excluding hydrogens is 490 g/mol. The summed E-state index contributed by atoms with van der Waals surface area (Å²) in [6, 6.07) is 28.0. The van der Waals surface area contributed by atoms with Crippen molar-refractivity contribution in [3.8, 4) is 11.1 Å². The van der Waals surface area contributed by atoms with E-state index < -0.39 is 6.09 Å². The Morgan fingerprint density at radius 3 is 2.28 bits per heavy atom. The van der Waals surface area contributed by atoms with Crippen molar-refractivity contribution in [2.45, 2.75) is 35.8 Å². The van der Waals surface area contributed by atoms with Crippen LogP contribution in [0.4, 0.5) is 4.79 Å². The second-order valence-corrected chi connectivity index (χ2v) is 10.2. The minimum absolute atomic E-state index is 0.0117. The molecule has 0 aliphatic heterocycles. The minimum Gasteiger partial charge on any atom is -0.449 e. The van der Waals surface area contributed by atoms with E-state index in [0.717, 1.165) is 26.5 Å². The summed E-state index contributed by atoms with van der Waals surface area (Å²) >= 11 is 7.91. The highest BCUT2D eigenvalue weighted by molar-refractivity contribution is 7.99. The molecule has 0 atom stereocenters. The second-order valence-electron chi connectivity index (χ2n) is 8.76. The molecule has 1 aliphatic rings. The Labute approximate surface area is 220 Å². The number of fused-ring (bicyclic) bond motifs is 3. The van der Waals surface area contributed by atoms with Crippen molar-refractivity contribution in [1.82, 2.24) is 5.32 Å². The first-order valence-electron chi connectivity index (χ1n) is 11.8. The molecule has 2 N–H and O–H groups in total. The highest BCUT2D eigenvalue weighted by atomic mass is 35.5. The van der Waals surface area contributed by atoms with Gasteiger partial charge in [0.25, 0.3) is 0 Å². The van der Waals surface area contributed by atoms with E-state index in [2.05, 4.69) is 29.6 Å². The van der Waals surface area contributed by atoms with Gasteiger partial charge in [0.05, 0.1) is 6.61 Å². The molecule has 0 bridgehead atoms. The fraction of sp³-hybridized carbons (Fsp3) is 0.167. The molecule has 1 aliphatic carbocycles. The summed E-state index contributed by atoms with van der Waals surface area (Å²) < 4.78 is 5.69. The fourth-order valence-corrected chi connectivity index (χ4v) is 6.15. The van der Waals surface area contributed by atoms with Crippen molar-refractivity contribution in [3.63, 3.8) is 0 Å². The van der Waals surface area contributed by atoms with Gasteiger partial charge in [-0.05, 0) is 64.1 Å². The van der Waals surface area contributed by atoms with E-state index in [-0.39, 0.29) is 25.7 Å². The number of aliphatic hydroxyl groups is 1. The van der Waals surface area contributed by atoms with Gasteiger partial charge in [0.1, 0.15) is 6.61 Å². The monoisotopic (exact) mass is 515 g/mol. The molecule has 4 aromatic carbocycles. The first-order valence-corrected chi connectivity index (χ1v) is 13.0. The number of aliphatic hydroxyl groups excluding tert-OH is 1. The predicted octanol–water partition coefficient (Wildman–Crippen LogP) is 7.33. The molecule has 5 rings (SSSR count). The number of aryl methyl sites for hydroxylation is 1. The molecule has 0 saturated heterocycles. The Kier molecular flexibility index (Phi) is 7.33. The SMILES string of the molecule is Cc1cc(Cl)cc(CNC(=O)OCC2c3ccccc3-c3ccccc32)c1Sc1ccccc1CO. The lowest BCUT2D eigenvalue weighted by atomic mass is 9.98. The van der Waals surface area contributed by atoms with Crippen molar-refractivity contribution in [2.24, 2.45) is 0 Å². The summed E-state index contributed by atoms with van der Waals surface area (Å²) in [5, 5.41) is 13.2. The van der Waals surface area contributed by atoms with Crippen LogP contribution in [-0.4, -0.2) is 17.8 Å². The third-order valence-electron chi connectivity index (χ3n) is 6.44. The van der Waals surface area contributed by atoms with Crippen LogP contribution >= 0.6 is 23.4 Å². The maximum Gasteiger partial charge on any atom is 0.407 e. The number of hydrogen-bond acceptors (Lipinski definition) is 4. The number of rotatable bonds is 7. The van der Waals surface area contributed by atoms with E-state index in [1.807, 2.05) is 67.6 Å². The summed E-state index contributed by atoms with van der Waals surface area (Å²) in [6.07, 6.45) is -0.471. The van der Waals surface area contributed by atoms with Gasteiger partial charge in [-0.15, -0.1) is 0 Å². The van der Waals surface area contributed by atoms with Crippen molar-refractivity contribution < 1.29 is 14.6 Å². The highest BCUT2D eigenvalue weighted by Crippen LogP contribution is 2.44. The lowest BCUT2D eigenvalue weighted by Crippen LogP contribution is -2.26. The van der Waals surface area contributed by atoms with E-state index in [9.17, 15) is 9.90 Å². The van der Waals surface area contributed by atoms with Crippen LogP contribution in [0.1, 0.15) is 33.7 Å². The Balaban J connectivity index is 1.28. The van der Waals surface area contributed by atoms with Gasteiger partial charge >= 0.3 is 6.09 Å². The Hall–Kier alpha value is -3.25. The van der Waals surface area contributed by atoms with Crippen LogP contribution in [0.2, 0.25) is 5.02 Å². The molecule has 182 valence electrons. The van der Waals surface area contributed by atoms with E-state index in [4.69, 9.17) is 16.3 Å². The summed E-state index contributed by atoms with van der Waals surface area (Å²) in [7, 11) is 0. The number of carbonyl (C=O) groups excluding carboxylic acids is 1. The van der Waals surface area contributed by atoms with Crippen LogP contribution in [0.3, 0.4) is 0 Å². The van der Waals surface area contributed by atoms with Gasteiger partial charge in [0.2, 0.25) is 0 Å². The van der Waals surface area contributed by atoms with E-state index >= 15 is 0 Å². The van der Waals surface area contributed by atoms with Gasteiger partial charge in [-0.25, -0.2) is 4.79 Å². The maximum absolute atomic E-state index is 12.7. The zero-order valence-corrected chi connectivity index (χ0v) is 21.4. The van der Waals surface area contributed by atoms with Gasteiger partial charge in [-0.1, -0.05) is 90.1 Å². The Morgan fingerprint density at radius 1 is 0.944 bits per heavy atom. The first-order chi connectivity index (χ1) is 17.5. The molecule has 4 aromatic rings. The number of hydrogen-bond donors (Lipinski definition) is 2. The quantitative estimate of drug-likeness (QED) is 0.270. The molecule has 0 aromatic heterocycles. The molecule has 0 saturated carbocycles.